The zero-order valence-electron chi connectivity index (χ0n) is 18.4. The predicted molar refractivity (Wildman–Crippen MR) is 137 cm³/mol. The van der Waals surface area contributed by atoms with Gasteiger partial charge in [-0.1, -0.05) is 35.6 Å². The predicted octanol–water partition coefficient (Wildman–Crippen LogP) is 4.59. The molecule has 0 unspecified atom stereocenters. The van der Waals surface area contributed by atoms with Gasteiger partial charge >= 0.3 is 0 Å². The Balaban J connectivity index is 0.00000363. The number of amides is 1. The summed E-state index contributed by atoms with van der Waals surface area (Å²) in [6.45, 7) is 1.20. The Hall–Kier alpha value is -1.65. The fraction of sp³-hybridized carbons (Fsp3) is 0.364. The van der Waals surface area contributed by atoms with E-state index in [9.17, 15) is 13.2 Å². The normalized spacial score (nSPS) is 11.5. The first-order chi connectivity index (χ1) is 14.8. The molecule has 0 aliphatic heterocycles. The van der Waals surface area contributed by atoms with Crippen LogP contribution in [0.4, 0.5) is 5.13 Å². The van der Waals surface area contributed by atoms with Crippen molar-refractivity contribution in [3.63, 3.8) is 0 Å². The van der Waals surface area contributed by atoms with Crippen LogP contribution in [-0.4, -0.2) is 63.4 Å². The van der Waals surface area contributed by atoms with E-state index in [4.69, 9.17) is 0 Å². The summed E-state index contributed by atoms with van der Waals surface area (Å²) in [4.78, 5) is 22.8. The number of halogens is 1. The second kappa shape index (κ2) is 12.0. The molecule has 0 aliphatic rings. The topological polar surface area (TPSA) is 70.6 Å². The minimum atomic E-state index is -3.40. The SMILES string of the molecule is CN(C)CCN(C(=O)CCCSc1ccccc1)c1nc2c(S(C)(=O)=O)cccc2s1.Cl. The summed E-state index contributed by atoms with van der Waals surface area (Å²) in [5.74, 6) is 0.866. The van der Waals surface area contributed by atoms with Crippen molar-refractivity contribution in [1.82, 2.24) is 9.88 Å². The van der Waals surface area contributed by atoms with E-state index in [2.05, 4.69) is 17.1 Å². The number of thiazole rings is 1. The minimum Gasteiger partial charge on any atom is -0.308 e. The molecule has 0 saturated heterocycles. The fourth-order valence-electron chi connectivity index (χ4n) is 3.02. The van der Waals surface area contributed by atoms with E-state index < -0.39 is 9.84 Å². The molecule has 0 saturated carbocycles. The third-order valence-electron chi connectivity index (χ3n) is 4.62. The number of fused-ring (bicyclic) bond motifs is 1. The van der Waals surface area contributed by atoms with Crippen molar-refractivity contribution < 1.29 is 13.2 Å². The average molecular weight is 514 g/mol. The number of likely N-dealkylation sites (N-methyl/N-ethyl adjacent to an activating group) is 1. The fourth-order valence-corrected chi connectivity index (χ4v) is 5.83. The minimum absolute atomic E-state index is 0. The van der Waals surface area contributed by atoms with E-state index in [1.807, 2.05) is 43.3 Å². The maximum atomic E-state index is 13.1. The molecule has 3 aromatic rings. The second-order valence-corrected chi connectivity index (χ2v) is 11.6. The number of para-hydroxylation sites is 1. The number of aromatic nitrogens is 1. The van der Waals surface area contributed by atoms with Crippen LogP contribution in [0.5, 0.6) is 0 Å². The van der Waals surface area contributed by atoms with Crippen LogP contribution in [0.3, 0.4) is 0 Å². The summed E-state index contributed by atoms with van der Waals surface area (Å²) in [5.41, 5.74) is 0.437. The number of thioether (sulfide) groups is 1. The highest BCUT2D eigenvalue weighted by atomic mass is 35.5. The van der Waals surface area contributed by atoms with Gasteiger partial charge in [0.15, 0.2) is 15.0 Å². The van der Waals surface area contributed by atoms with Crippen LogP contribution in [0.1, 0.15) is 12.8 Å². The van der Waals surface area contributed by atoms with Gasteiger partial charge in [0.05, 0.1) is 9.60 Å². The summed E-state index contributed by atoms with van der Waals surface area (Å²) < 4.78 is 25.0. The first-order valence-electron chi connectivity index (χ1n) is 9.98. The molecule has 0 atom stereocenters. The van der Waals surface area contributed by atoms with Crippen molar-refractivity contribution >= 4 is 66.6 Å². The van der Waals surface area contributed by atoms with Crippen LogP contribution in [0.2, 0.25) is 0 Å². The van der Waals surface area contributed by atoms with E-state index in [0.29, 0.717) is 30.2 Å². The van der Waals surface area contributed by atoms with Gasteiger partial charge in [-0.15, -0.1) is 24.2 Å². The number of carbonyl (C=O) groups excluding carboxylic acids is 1. The summed E-state index contributed by atoms with van der Waals surface area (Å²) in [5, 5.41) is 0.550. The molecule has 0 bridgehead atoms. The molecule has 1 aromatic heterocycles. The van der Waals surface area contributed by atoms with Gasteiger partial charge < -0.3 is 4.90 Å². The number of rotatable bonds is 10. The molecule has 1 amide bonds. The van der Waals surface area contributed by atoms with Crippen molar-refractivity contribution in [2.24, 2.45) is 0 Å². The number of anilines is 1. The number of carbonyl (C=O) groups is 1. The van der Waals surface area contributed by atoms with Crippen LogP contribution < -0.4 is 4.90 Å². The van der Waals surface area contributed by atoms with Gasteiger partial charge in [-0.3, -0.25) is 9.69 Å². The molecule has 1 heterocycles. The second-order valence-electron chi connectivity index (χ2n) is 7.49. The Morgan fingerprint density at radius 1 is 1.06 bits per heavy atom. The zero-order chi connectivity index (χ0) is 22.4. The smallest absolute Gasteiger partial charge is 0.228 e. The molecule has 174 valence electrons. The molecule has 32 heavy (non-hydrogen) atoms. The molecule has 3 rings (SSSR count). The first-order valence-corrected chi connectivity index (χ1v) is 13.7. The van der Waals surface area contributed by atoms with Gasteiger partial charge in [-0.25, -0.2) is 13.4 Å². The number of hydrogen-bond donors (Lipinski definition) is 0. The van der Waals surface area contributed by atoms with Crippen LogP contribution in [0.15, 0.2) is 58.3 Å². The van der Waals surface area contributed by atoms with Crippen molar-refractivity contribution in [2.75, 3.05) is 44.1 Å². The van der Waals surface area contributed by atoms with Crippen LogP contribution >= 0.6 is 35.5 Å². The third kappa shape index (κ3) is 7.18. The number of nitrogens with zero attached hydrogens (tertiary/aromatic N) is 3. The summed E-state index contributed by atoms with van der Waals surface area (Å²) in [7, 11) is 0.513. The highest BCUT2D eigenvalue weighted by Crippen LogP contribution is 2.33. The maximum Gasteiger partial charge on any atom is 0.228 e. The number of hydrogen-bond acceptors (Lipinski definition) is 7. The van der Waals surface area contributed by atoms with Gasteiger partial charge in [-0.05, 0) is 50.5 Å². The highest BCUT2D eigenvalue weighted by Gasteiger charge is 2.22. The van der Waals surface area contributed by atoms with E-state index in [-0.39, 0.29) is 23.2 Å². The Bertz CT molecular complexity index is 1140. The molecule has 10 heteroatoms. The van der Waals surface area contributed by atoms with Crippen LogP contribution in [0.25, 0.3) is 10.2 Å². The standard InChI is InChI=1S/C22H27N3O3S3.ClH/c1-24(2)14-15-25(20(26)13-8-16-29-17-9-5-4-6-10-17)22-23-21-18(30-22)11-7-12-19(21)31(3,27)28;/h4-7,9-12H,8,13-16H2,1-3H3;1H. The lowest BCUT2D eigenvalue weighted by molar-refractivity contribution is -0.118. The summed E-state index contributed by atoms with van der Waals surface area (Å²) in [6, 6.07) is 15.3. The average Bonchev–Trinajstić information content (AvgIpc) is 3.15. The van der Waals surface area contributed by atoms with Crippen LogP contribution in [-0.2, 0) is 14.6 Å². The van der Waals surface area contributed by atoms with E-state index in [0.717, 1.165) is 16.9 Å². The monoisotopic (exact) mass is 513 g/mol. The van der Waals surface area contributed by atoms with Gasteiger partial charge in [0.2, 0.25) is 5.91 Å². The molecule has 0 spiro atoms. The molecule has 0 aliphatic carbocycles. The van der Waals surface area contributed by atoms with E-state index >= 15 is 0 Å². The Morgan fingerprint density at radius 2 is 1.78 bits per heavy atom. The van der Waals surface area contributed by atoms with Gasteiger partial charge in [0.1, 0.15) is 5.52 Å². The first kappa shape index (κ1) is 26.6. The lowest BCUT2D eigenvalue weighted by Gasteiger charge is -2.22. The number of sulfone groups is 1. The van der Waals surface area contributed by atoms with Crippen molar-refractivity contribution in [3.8, 4) is 0 Å². The molecule has 0 fully saturated rings. The van der Waals surface area contributed by atoms with Gasteiger partial charge in [-0.2, -0.15) is 0 Å². The van der Waals surface area contributed by atoms with Crippen molar-refractivity contribution in [1.29, 1.82) is 0 Å². The van der Waals surface area contributed by atoms with Crippen molar-refractivity contribution in [3.05, 3.63) is 48.5 Å². The third-order valence-corrected chi connectivity index (χ3v) is 7.89. The lowest BCUT2D eigenvalue weighted by atomic mass is 10.3. The number of benzene rings is 2. The van der Waals surface area contributed by atoms with Crippen molar-refractivity contribution in [2.45, 2.75) is 22.6 Å². The molecule has 0 N–H and O–H groups in total. The quantitative estimate of drug-likeness (QED) is 0.292. The lowest BCUT2D eigenvalue weighted by Crippen LogP contribution is -2.36. The molecular weight excluding hydrogens is 486 g/mol. The Labute approximate surface area is 204 Å². The highest BCUT2D eigenvalue weighted by molar-refractivity contribution is 7.99. The Kier molecular flexibility index (Phi) is 9.97. The van der Waals surface area contributed by atoms with E-state index in [1.54, 1.807) is 28.8 Å². The molecular formula is C22H28ClN3O3S3. The largest absolute Gasteiger partial charge is 0.308 e. The summed E-state index contributed by atoms with van der Waals surface area (Å²) in [6.07, 6.45) is 2.36. The van der Waals surface area contributed by atoms with Crippen LogP contribution in [0, 0.1) is 0 Å². The molecule has 6 nitrogen and oxygen atoms in total. The molecule has 2 aromatic carbocycles. The van der Waals surface area contributed by atoms with E-state index in [1.165, 1.54) is 22.5 Å². The molecule has 0 radical (unpaired) electrons. The Morgan fingerprint density at radius 3 is 2.44 bits per heavy atom. The van der Waals surface area contributed by atoms with Gasteiger partial charge in [0.25, 0.3) is 0 Å². The maximum absolute atomic E-state index is 13.1. The van der Waals surface area contributed by atoms with Gasteiger partial charge in [0, 0.05) is 30.7 Å². The summed E-state index contributed by atoms with van der Waals surface area (Å²) >= 11 is 3.10. The zero-order valence-corrected chi connectivity index (χ0v) is 21.6.